The van der Waals surface area contributed by atoms with Gasteiger partial charge in [-0.2, -0.15) is 0 Å². The first kappa shape index (κ1) is 15.0. The number of hydrogen-bond acceptors (Lipinski definition) is 1. The van der Waals surface area contributed by atoms with Crippen LogP contribution in [-0.4, -0.2) is 22.0 Å². The van der Waals surface area contributed by atoms with Crippen molar-refractivity contribution in [3.05, 3.63) is 0 Å². The first-order valence-corrected chi connectivity index (χ1v) is 8.16. The molecular formula is C13H24ClIO. The van der Waals surface area contributed by atoms with Gasteiger partial charge in [0.1, 0.15) is 0 Å². The molecule has 3 atom stereocenters. The molecule has 3 unspecified atom stereocenters. The van der Waals surface area contributed by atoms with Crippen molar-refractivity contribution in [3.8, 4) is 0 Å². The van der Waals surface area contributed by atoms with Crippen molar-refractivity contribution < 1.29 is 4.74 Å². The third-order valence-electron chi connectivity index (χ3n) is 3.36. The van der Waals surface area contributed by atoms with Gasteiger partial charge in [-0.15, -0.1) is 11.6 Å². The highest BCUT2D eigenvalue weighted by atomic mass is 127. The normalized spacial score (nSPS) is 33.4. The lowest BCUT2D eigenvalue weighted by Gasteiger charge is -2.42. The van der Waals surface area contributed by atoms with Gasteiger partial charge in [-0.05, 0) is 37.5 Å². The third kappa shape index (κ3) is 4.34. The van der Waals surface area contributed by atoms with Crippen molar-refractivity contribution in [2.24, 2.45) is 11.3 Å². The Labute approximate surface area is 119 Å². The van der Waals surface area contributed by atoms with Crippen LogP contribution in [0.25, 0.3) is 0 Å². The SMILES string of the molecule is CC1CC(OC(C)(CCl)CI)CC(C)(C)C1. The molecule has 16 heavy (non-hydrogen) atoms. The maximum atomic E-state index is 6.24. The molecule has 0 N–H and O–H groups in total. The average molecular weight is 359 g/mol. The molecule has 96 valence electrons. The molecule has 0 bridgehead atoms. The van der Waals surface area contributed by atoms with Crippen molar-refractivity contribution >= 4 is 34.2 Å². The fourth-order valence-electron chi connectivity index (χ4n) is 2.85. The van der Waals surface area contributed by atoms with Crippen LogP contribution in [0.3, 0.4) is 0 Å². The van der Waals surface area contributed by atoms with Crippen LogP contribution in [0.4, 0.5) is 0 Å². The molecule has 0 aromatic heterocycles. The van der Waals surface area contributed by atoms with Crippen molar-refractivity contribution in [3.63, 3.8) is 0 Å². The Hall–Kier alpha value is 0.980. The summed E-state index contributed by atoms with van der Waals surface area (Å²) in [6, 6.07) is 0. The predicted octanol–water partition coefficient (Wildman–Crippen LogP) is 4.65. The van der Waals surface area contributed by atoms with Gasteiger partial charge < -0.3 is 4.74 Å². The van der Waals surface area contributed by atoms with Gasteiger partial charge in [-0.3, -0.25) is 0 Å². The summed E-state index contributed by atoms with van der Waals surface area (Å²) in [5.74, 6) is 1.35. The molecule has 1 nitrogen and oxygen atoms in total. The third-order valence-corrected chi connectivity index (χ3v) is 5.54. The number of ether oxygens (including phenoxy) is 1. The minimum atomic E-state index is -0.153. The van der Waals surface area contributed by atoms with E-state index in [1.165, 1.54) is 19.3 Å². The molecule has 0 aromatic rings. The molecular weight excluding hydrogens is 334 g/mol. The molecule has 0 aliphatic heterocycles. The van der Waals surface area contributed by atoms with E-state index in [4.69, 9.17) is 16.3 Å². The predicted molar refractivity (Wildman–Crippen MR) is 79.7 cm³/mol. The summed E-state index contributed by atoms with van der Waals surface area (Å²) in [6.45, 7) is 9.15. The Balaban J connectivity index is 2.60. The van der Waals surface area contributed by atoms with E-state index in [2.05, 4.69) is 50.3 Å². The van der Waals surface area contributed by atoms with E-state index in [0.717, 1.165) is 10.3 Å². The second-order valence-corrected chi connectivity index (χ2v) is 7.40. The highest BCUT2D eigenvalue weighted by Gasteiger charge is 2.36. The zero-order valence-corrected chi connectivity index (χ0v) is 13.8. The number of alkyl halides is 2. The van der Waals surface area contributed by atoms with Crippen molar-refractivity contribution in [1.29, 1.82) is 0 Å². The molecule has 1 saturated carbocycles. The Kier molecular flexibility index (Phi) is 5.40. The molecule has 0 radical (unpaired) electrons. The van der Waals surface area contributed by atoms with Crippen LogP contribution in [0.1, 0.15) is 47.0 Å². The summed E-state index contributed by atoms with van der Waals surface area (Å²) >= 11 is 8.37. The van der Waals surface area contributed by atoms with E-state index in [1.54, 1.807) is 0 Å². The lowest BCUT2D eigenvalue weighted by Crippen LogP contribution is -2.42. The van der Waals surface area contributed by atoms with Crippen LogP contribution in [-0.2, 0) is 4.74 Å². The number of rotatable bonds is 4. The van der Waals surface area contributed by atoms with Crippen LogP contribution in [0.2, 0.25) is 0 Å². The quantitative estimate of drug-likeness (QED) is 0.525. The van der Waals surface area contributed by atoms with Gasteiger partial charge in [0.05, 0.1) is 17.6 Å². The van der Waals surface area contributed by atoms with E-state index in [1.807, 2.05) is 0 Å². The van der Waals surface area contributed by atoms with E-state index in [9.17, 15) is 0 Å². The summed E-state index contributed by atoms with van der Waals surface area (Å²) in [5, 5.41) is 0. The fourth-order valence-corrected chi connectivity index (χ4v) is 3.78. The Morgan fingerprint density at radius 1 is 1.44 bits per heavy atom. The minimum Gasteiger partial charge on any atom is -0.370 e. The lowest BCUT2D eigenvalue weighted by molar-refractivity contribution is -0.0949. The molecule has 0 aromatic carbocycles. The fraction of sp³-hybridized carbons (Fsp3) is 1.00. The molecule has 1 rings (SSSR count). The van der Waals surface area contributed by atoms with Crippen molar-refractivity contribution in [2.45, 2.75) is 58.7 Å². The first-order valence-electron chi connectivity index (χ1n) is 6.10. The van der Waals surface area contributed by atoms with E-state index in [-0.39, 0.29) is 5.60 Å². The van der Waals surface area contributed by atoms with Gasteiger partial charge in [0.15, 0.2) is 0 Å². The van der Waals surface area contributed by atoms with Crippen molar-refractivity contribution in [2.75, 3.05) is 10.3 Å². The number of hydrogen-bond donors (Lipinski definition) is 0. The zero-order chi connectivity index (χ0) is 12.4. The largest absolute Gasteiger partial charge is 0.370 e. The average Bonchev–Trinajstić information content (AvgIpc) is 2.14. The maximum Gasteiger partial charge on any atom is 0.0881 e. The van der Waals surface area contributed by atoms with Crippen LogP contribution < -0.4 is 0 Å². The highest BCUT2D eigenvalue weighted by molar-refractivity contribution is 14.1. The van der Waals surface area contributed by atoms with Gasteiger partial charge in [0, 0.05) is 4.43 Å². The van der Waals surface area contributed by atoms with Gasteiger partial charge in [-0.25, -0.2) is 0 Å². The van der Waals surface area contributed by atoms with E-state index >= 15 is 0 Å². The Morgan fingerprint density at radius 2 is 2.06 bits per heavy atom. The summed E-state index contributed by atoms with van der Waals surface area (Å²) < 4.78 is 7.20. The zero-order valence-electron chi connectivity index (χ0n) is 10.9. The smallest absolute Gasteiger partial charge is 0.0881 e. The van der Waals surface area contributed by atoms with E-state index in [0.29, 0.717) is 17.4 Å². The molecule has 1 aliphatic rings. The summed E-state index contributed by atoms with van der Waals surface area (Å²) in [7, 11) is 0. The molecule has 0 amide bonds. The molecule has 3 heteroatoms. The van der Waals surface area contributed by atoms with Gasteiger partial charge in [0.2, 0.25) is 0 Å². The second kappa shape index (κ2) is 5.75. The standard InChI is InChI=1S/C13H24ClIO/c1-10-5-11(7-12(2,3)6-10)16-13(4,8-14)9-15/h10-11H,5-9H2,1-4H3. The molecule has 1 aliphatic carbocycles. The lowest BCUT2D eigenvalue weighted by atomic mass is 9.71. The summed E-state index contributed by atoms with van der Waals surface area (Å²) in [6.07, 6.45) is 4.05. The van der Waals surface area contributed by atoms with Crippen molar-refractivity contribution in [1.82, 2.24) is 0 Å². The molecule has 0 spiro atoms. The van der Waals surface area contributed by atoms with E-state index < -0.39 is 0 Å². The molecule has 0 saturated heterocycles. The van der Waals surface area contributed by atoms with Crippen LogP contribution >= 0.6 is 34.2 Å². The summed E-state index contributed by atoms with van der Waals surface area (Å²) in [5.41, 5.74) is 0.265. The van der Waals surface area contributed by atoms with Gasteiger partial charge in [-0.1, -0.05) is 43.4 Å². The summed E-state index contributed by atoms with van der Waals surface area (Å²) in [4.78, 5) is 0. The molecule has 0 heterocycles. The van der Waals surface area contributed by atoms with Gasteiger partial charge in [0.25, 0.3) is 0 Å². The topological polar surface area (TPSA) is 9.23 Å². The second-order valence-electron chi connectivity index (χ2n) is 6.37. The Bertz CT molecular complexity index is 226. The number of halogens is 2. The maximum absolute atomic E-state index is 6.24. The van der Waals surface area contributed by atoms with Crippen LogP contribution in [0.15, 0.2) is 0 Å². The highest BCUT2D eigenvalue weighted by Crippen LogP contribution is 2.41. The Morgan fingerprint density at radius 3 is 2.50 bits per heavy atom. The van der Waals surface area contributed by atoms with Crippen LogP contribution in [0.5, 0.6) is 0 Å². The van der Waals surface area contributed by atoms with Crippen LogP contribution in [0, 0.1) is 11.3 Å². The van der Waals surface area contributed by atoms with Gasteiger partial charge >= 0.3 is 0 Å². The minimum absolute atomic E-state index is 0.153. The first-order chi connectivity index (χ1) is 7.30. The monoisotopic (exact) mass is 358 g/mol. The molecule has 1 fully saturated rings.